The highest BCUT2D eigenvalue weighted by atomic mass is 16.5. The Hall–Kier alpha value is -3.20. The van der Waals surface area contributed by atoms with Gasteiger partial charge in [0.05, 0.1) is 25.6 Å². The molecule has 0 heterocycles. The van der Waals surface area contributed by atoms with E-state index in [0.29, 0.717) is 29.3 Å². The third kappa shape index (κ3) is 3.92. The van der Waals surface area contributed by atoms with Crippen LogP contribution in [-0.4, -0.2) is 26.4 Å². The first-order chi connectivity index (χ1) is 11.2. The summed E-state index contributed by atoms with van der Waals surface area (Å²) in [5, 5.41) is 0. The van der Waals surface area contributed by atoms with Crippen LogP contribution in [0.3, 0.4) is 0 Å². The molecule has 0 spiro atoms. The van der Waals surface area contributed by atoms with E-state index in [2.05, 4.69) is 9.98 Å². The zero-order valence-electron chi connectivity index (χ0n) is 12.7. The molecule has 23 heavy (non-hydrogen) atoms. The lowest BCUT2D eigenvalue weighted by Gasteiger charge is -2.11. The summed E-state index contributed by atoms with van der Waals surface area (Å²) in [5.74, 6) is 1.18. The van der Waals surface area contributed by atoms with Crippen LogP contribution in [-0.2, 0) is 16.0 Å². The Kier molecular flexibility index (Phi) is 5.42. The highest BCUT2D eigenvalue weighted by Crippen LogP contribution is 2.31. The molecule has 6 heteroatoms. The molecule has 0 bridgehead atoms. The van der Waals surface area contributed by atoms with Gasteiger partial charge in [-0.25, -0.2) is 9.59 Å². The van der Waals surface area contributed by atoms with E-state index in [1.165, 1.54) is 13.2 Å². The van der Waals surface area contributed by atoms with Crippen LogP contribution in [0.2, 0.25) is 0 Å². The predicted molar refractivity (Wildman–Crippen MR) is 84.4 cm³/mol. The quantitative estimate of drug-likeness (QED) is 0.606. The van der Waals surface area contributed by atoms with Crippen LogP contribution in [0.15, 0.2) is 46.4 Å². The largest absolute Gasteiger partial charge is 0.497 e. The first-order valence-corrected chi connectivity index (χ1v) is 6.71. The Balaban J connectivity index is 2.42. The second-order valence-corrected chi connectivity index (χ2v) is 4.57. The average molecular weight is 310 g/mol. The Morgan fingerprint density at radius 1 is 0.913 bits per heavy atom. The van der Waals surface area contributed by atoms with Gasteiger partial charge in [-0.3, -0.25) is 0 Å². The fourth-order valence-electron chi connectivity index (χ4n) is 2.18. The van der Waals surface area contributed by atoms with Crippen molar-refractivity contribution in [2.24, 2.45) is 9.98 Å². The molecule has 116 valence electrons. The summed E-state index contributed by atoms with van der Waals surface area (Å²) in [6.45, 7) is 0. The third-order valence-corrected chi connectivity index (χ3v) is 3.28. The molecule has 6 nitrogen and oxygen atoms in total. The summed E-state index contributed by atoms with van der Waals surface area (Å²) in [7, 11) is 3.07. The fraction of sp³-hybridized carbons (Fsp3) is 0.176. The number of hydrogen-bond donors (Lipinski definition) is 0. The van der Waals surface area contributed by atoms with Gasteiger partial charge in [0.1, 0.15) is 11.5 Å². The SMILES string of the molecule is COc1ccc(Cc2ccc(N=C=O)cc2OC)c(N=C=O)c1. The van der Waals surface area contributed by atoms with Crippen molar-refractivity contribution < 1.29 is 19.1 Å². The number of aliphatic imine (C=N–C) groups is 2. The highest BCUT2D eigenvalue weighted by molar-refractivity contribution is 5.59. The molecule has 2 aromatic rings. The molecular formula is C17H14N2O4. The summed E-state index contributed by atoms with van der Waals surface area (Å²) in [6, 6.07) is 10.4. The molecule has 0 aliphatic rings. The van der Waals surface area contributed by atoms with Crippen molar-refractivity contribution in [3.05, 3.63) is 47.5 Å². The van der Waals surface area contributed by atoms with Gasteiger partial charge in [0.2, 0.25) is 12.2 Å². The molecule has 2 aromatic carbocycles. The lowest BCUT2D eigenvalue weighted by Crippen LogP contribution is -1.95. The first kappa shape index (κ1) is 16.2. The maximum absolute atomic E-state index is 10.6. The average Bonchev–Trinajstić information content (AvgIpc) is 2.58. The zero-order valence-corrected chi connectivity index (χ0v) is 12.7. The molecule has 0 aliphatic heterocycles. The minimum Gasteiger partial charge on any atom is -0.497 e. The minimum absolute atomic E-state index is 0.460. The van der Waals surface area contributed by atoms with Crippen LogP contribution in [0.1, 0.15) is 11.1 Å². The van der Waals surface area contributed by atoms with Crippen molar-refractivity contribution >= 4 is 23.5 Å². The van der Waals surface area contributed by atoms with E-state index in [1.54, 1.807) is 43.5 Å². The molecule has 0 aromatic heterocycles. The molecule has 0 unspecified atom stereocenters. The lowest BCUT2D eigenvalue weighted by molar-refractivity contribution is 0.410. The Morgan fingerprint density at radius 2 is 1.65 bits per heavy atom. The molecule has 0 atom stereocenters. The third-order valence-electron chi connectivity index (χ3n) is 3.28. The van der Waals surface area contributed by atoms with Gasteiger partial charge in [-0.2, -0.15) is 9.98 Å². The number of nitrogens with zero attached hydrogens (tertiary/aromatic N) is 2. The molecule has 0 amide bonds. The molecule has 0 N–H and O–H groups in total. The van der Waals surface area contributed by atoms with Crippen LogP contribution in [0.25, 0.3) is 0 Å². The van der Waals surface area contributed by atoms with Crippen LogP contribution >= 0.6 is 0 Å². The highest BCUT2D eigenvalue weighted by Gasteiger charge is 2.10. The smallest absolute Gasteiger partial charge is 0.240 e. The van der Waals surface area contributed by atoms with Crippen LogP contribution < -0.4 is 9.47 Å². The van der Waals surface area contributed by atoms with E-state index in [1.807, 2.05) is 6.07 Å². The van der Waals surface area contributed by atoms with Gasteiger partial charge in [0.15, 0.2) is 0 Å². The summed E-state index contributed by atoms with van der Waals surface area (Å²) >= 11 is 0. The number of ether oxygens (including phenoxy) is 2. The summed E-state index contributed by atoms with van der Waals surface area (Å²) in [4.78, 5) is 28.2. The Labute approximate surface area is 133 Å². The van der Waals surface area contributed by atoms with E-state index in [-0.39, 0.29) is 0 Å². The Bertz CT molecular complexity index is 804. The normalized spacial score (nSPS) is 9.48. The maximum atomic E-state index is 10.6. The van der Waals surface area contributed by atoms with E-state index in [9.17, 15) is 9.59 Å². The van der Waals surface area contributed by atoms with Gasteiger partial charge in [-0.05, 0) is 23.3 Å². The number of isocyanates is 2. The number of benzene rings is 2. The standard InChI is InChI=1S/C17H14N2O4/c1-22-15-6-4-12(16(9-15)19-11-21)7-13-3-5-14(18-10-20)8-17(13)23-2/h3-6,8-9H,7H2,1-2H3. The summed E-state index contributed by atoms with van der Waals surface area (Å²) in [5.41, 5.74) is 2.63. The molecule has 2 rings (SSSR count). The second-order valence-electron chi connectivity index (χ2n) is 4.57. The molecule has 0 radical (unpaired) electrons. The van der Waals surface area contributed by atoms with E-state index in [4.69, 9.17) is 9.47 Å². The topological polar surface area (TPSA) is 77.3 Å². The monoisotopic (exact) mass is 310 g/mol. The summed E-state index contributed by atoms with van der Waals surface area (Å²) < 4.78 is 10.5. The van der Waals surface area contributed by atoms with Crippen molar-refractivity contribution in [1.82, 2.24) is 0 Å². The van der Waals surface area contributed by atoms with Crippen LogP contribution in [0.5, 0.6) is 11.5 Å². The lowest BCUT2D eigenvalue weighted by atomic mass is 10.0. The van der Waals surface area contributed by atoms with Gasteiger partial charge in [0, 0.05) is 18.6 Å². The van der Waals surface area contributed by atoms with Crippen LogP contribution in [0, 0.1) is 0 Å². The van der Waals surface area contributed by atoms with Gasteiger partial charge in [0.25, 0.3) is 0 Å². The number of carbonyl (C=O) groups excluding carboxylic acids is 2. The maximum Gasteiger partial charge on any atom is 0.240 e. The van der Waals surface area contributed by atoms with E-state index in [0.717, 1.165) is 11.1 Å². The number of hydrogen-bond acceptors (Lipinski definition) is 6. The van der Waals surface area contributed by atoms with Crippen molar-refractivity contribution in [2.75, 3.05) is 14.2 Å². The van der Waals surface area contributed by atoms with Gasteiger partial charge in [-0.1, -0.05) is 12.1 Å². The fourth-order valence-corrected chi connectivity index (χ4v) is 2.18. The first-order valence-electron chi connectivity index (χ1n) is 6.71. The molecule has 0 aliphatic carbocycles. The number of rotatable bonds is 6. The minimum atomic E-state index is 0.460. The van der Waals surface area contributed by atoms with Crippen molar-refractivity contribution in [3.63, 3.8) is 0 Å². The molecule has 0 saturated carbocycles. The van der Waals surface area contributed by atoms with Crippen molar-refractivity contribution in [2.45, 2.75) is 6.42 Å². The molecule has 0 saturated heterocycles. The molecule has 0 fully saturated rings. The van der Waals surface area contributed by atoms with E-state index < -0.39 is 0 Å². The van der Waals surface area contributed by atoms with E-state index >= 15 is 0 Å². The number of methoxy groups -OCH3 is 2. The zero-order chi connectivity index (χ0) is 16.7. The Morgan fingerprint density at radius 3 is 2.30 bits per heavy atom. The second kappa shape index (κ2) is 7.71. The molecular weight excluding hydrogens is 296 g/mol. The van der Waals surface area contributed by atoms with Crippen LogP contribution in [0.4, 0.5) is 11.4 Å². The van der Waals surface area contributed by atoms with Gasteiger partial charge >= 0.3 is 0 Å². The van der Waals surface area contributed by atoms with Gasteiger partial charge in [-0.15, -0.1) is 0 Å². The van der Waals surface area contributed by atoms with Crippen molar-refractivity contribution in [1.29, 1.82) is 0 Å². The van der Waals surface area contributed by atoms with Crippen molar-refractivity contribution in [3.8, 4) is 11.5 Å². The van der Waals surface area contributed by atoms with Gasteiger partial charge < -0.3 is 9.47 Å². The predicted octanol–water partition coefficient (Wildman–Crippen LogP) is 3.23. The summed E-state index contributed by atoms with van der Waals surface area (Å²) in [6.07, 6.45) is 3.52.